The molecule has 0 bridgehead atoms. The standard InChI is InChI=1S/C8H8N4O2/c13-12(14)8-3-1-7(2-4-8)11-9-5-6-10-11/h1-5,10H,6H2. The molecule has 6 nitrogen and oxygen atoms in total. The molecule has 6 heteroatoms. The molecular formula is C8H8N4O2. The maximum atomic E-state index is 10.4. The maximum absolute atomic E-state index is 10.4. The second-order valence-electron chi connectivity index (χ2n) is 2.75. The van der Waals surface area contributed by atoms with Crippen LogP contribution in [0, 0.1) is 10.1 Å². The minimum Gasteiger partial charge on any atom is -0.258 e. The van der Waals surface area contributed by atoms with Gasteiger partial charge in [0.25, 0.3) is 5.69 Å². The van der Waals surface area contributed by atoms with Gasteiger partial charge in [-0.25, -0.2) is 5.43 Å². The summed E-state index contributed by atoms with van der Waals surface area (Å²) in [6, 6.07) is 6.19. The van der Waals surface area contributed by atoms with Crippen molar-refractivity contribution in [2.75, 3.05) is 11.7 Å². The molecular weight excluding hydrogens is 184 g/mol. The van der Waals surface area contributed by atoms with Crippen molar-refractivity contribution in [3.8, 4) is 0 Å². The Morgan fingerprint density at radius 2 is 2.14 bits per heavy atom. The predicted octanol–water partition coefficient (Wildman–Crippen LogP) is 0.905. The number of hydrogen-bond acceptors (Lipinski definition) is 5. The Bertz CT molecular complexity index is 373. The number of nitro groups is 1. The summed E-state index contributed by atoms with van der Waals surface area (Å²) in [5.41, 5.74) is 3.83. The Balaban J connectivity index is 2.21. The van der Waals surface area contributed by atoms with Crippen molar-refractivity contribution < 1.29 is 4.92 Å². The highest BCUT2D eigenvalue weighted by Crippen LogP contribution is 2.18. The van der Waals surface area contributed by atoms with E-state index in [0.29, 0.717) is 6.54 Å². The van der Waals surface area contributed by atoms with Crippen LogP contribution in [0.2, 0.25) is 0 Å². The summed E-state index contributed by atoms with van der Waals surface area (Å²) in [5, 5.41) is 16.0. The van der Waals surface area contributed by atoms with Crippen molar-refractivity contribution in [1.29, 1.82) is 0 Å². The quantitative estimate of drug-likeness (QED) is 0.558. The lowest BCUT2D eigenvalue weighted by Crippen LogP contribution is -2.28. The summed E-state index contributed by atoms with van der Waals surface area (Å²) < 4.78 is 0. The number of benzene rings is 1. The third-order valence-corrected chi connectivity index (χ3v) is 1.83. The fraction of sp³-hybridized carbons (Fsp3) is 0.125. The summed E-state index contributed by atoms with van der Waals surface area (Å²) in [5.74, 6) is 0. The average Bonchev–Trinajstić information content (AvgIpc) is 2.71. The van der Waals surface area contributed by atoms with Crippen molar-refractivity contribution in [2.24, 2.45) is 5.10 Å². The number of nitrogens with zero attached hydrogens (tertiary/aromatic N) is 3. The van der Waals surface area contributed by atoms with Crippen LogP contribution < -0.4 is 10.5 Å². The Kier molecular flexibility index (Phi) is 2.11. The van der Waals surface area contributed by atoms with E-state index in [2.05, 4.69) is 10.5 Å². The van der Waals surface area contributed by atoms with Crippen molar-refractivity contribution in [2.45, 2.75) is 0 Å². The molecule has 2 rings (SSSR count). The van der Waals surface area contributed by atoms with Crippen LogP contribution in [-0.4, -0.2) is 17.7 Å². The highest BCUT2D eigenvalue weighted by atomic mass is 16.6. The van der Waals surface area contributed by atoms with Gasteiger partial charge < -0.3 is 0 Å². The molecule has 1 N–H and O–H groups in total. The topological polar surface area (TPSA) is 70.8 Å². The zero-order chi connectivity index (χ0) is 9.97. The van der Waals surface area contributed by atoms with Gasteiger partial charge in [-0.1, -0.05) is 0 Å². The smallest absolute Gasteiger partial charge is 0.258 e. The minimum absolute atomic E-state index is 0.0805. The molecule has 1 heterocycles. The molecule has 14 heavy (non-hydrogen) atoms. The van der Waals surface area contributed by atoms with Crippen LogP contribution in [0.1, 0.15) is 0 Å². The maximum Gasteiger partial charge on any atom is 0.269 e. The van der Waals surface area contributed by atoms with Gasteiger partial charge in [0.2, 0.25) is 0 Å². The highest BCUT2D eigenvalue weighted by molar-refractivity contribution is 5.66. The first-order valence-corrected chi connectivity index (χ1v) is 4.08. The van der Waals surface area contributed by atoms with E-state index in [4.69, 9.17) is 0 Å². The first-order chi connectivity index (χ1) is 6.77. The van der Waals surface area contributed by atoms with Gasteiger partial charge in [-0.2, -0.15) is 10.2 Å². The number of hydrogen-bond donors (Lipinski definition) is 1. The fourth-order valence-corrected chi connectivity index (χ4v) is 1.16. The predicted molar refractivity (Wildman–Crippen MR) is 52.1 cm³/mol. The molecule has 0 spiro atoms. The fourth-order valence-electron chi connectivity index (χ4n) is 1.16. The number of anilines is 1. The molecule has 0 aromatic heterocycles. The van der Waals surface area contributed by atoms with E-state index < -0.39 is 4.92 Å². The zero-order valence-corrected chi connectivity index (χ0v) is 7.25. The van der Waals surface area contributed by atoms with Crippen molar-refractivity contribution in [1.82, 2.24) is 5.43 Å². The summed E-state index contributed by atoms with van der Waals surface area (Å²) in [4.78, 5) is 9.95. The van der Waals surface area contributed by atoms with Gasteiger partial charge in [-0.15, -0.1) is 0 Å². The van der Waals surface area contributed by atoms with Crippen LogP contribution in [-0.2, 0) is 0 Å². The summed E-state index contributed by atoms with van der Waals surface area (Å²) in [7, 11) is 0. The average molecular weight is 192 g/mol. The molecule has 0 unspecified atom stereocenters. The largest absolute Gasteiger partial charge is 0.269 e. The van der Waals surface area contributed by atoms with Crippen LogP contribution in [0.5, 0.6) is 0 Å². The van der Waals surface area contributed by atoms with E-state index >= 15 is 0 Å². The van der Waals surface area contributed by atoms with Gasteiger partial charge in [0.05, 0.1) is 17.2 Å². The number of nitro benzene ring substituents is 1. The van der Waals surface area contributed by atoms with Gasteiger partial charge in [0, 0.05) is 18.3 Å². The molecule has 0 saturated carbocycles. The number of hydrazone groups is 1. The molecule has 0 amide bonds. The third kappa shape index (κ3) is 1.55. The second-order valence-corrected chi connectivity index (χ2v) is 2.75. The molecule has 1 aliphatic heterocycles. The van der Waals surface area contributed by atoms with Crippen LogP contribution in [0.25, 0.3) is 0 Å². The number of nitrogens with one attached hydrogen (secondary N) is 1. The molecule has 72 valence electrons. The number of hydrazine groups is 1. The first kappa shape index (κ1) is 8.64. The minimum atomic E-state index is -0.426. The van der Waals surface area contributed by atoms with Crippen molar-refractivity contribution in [3.05, 3.63) is 34.4 Å². The lowest BCUT2D eigenvalue weighted by Gasteiger charge is -2.12. The number of rotatable bonds is 2. The van der Waals surface area contributed by atoms with E-state index in [1.807, 2.05) is 0 Å². The van der Waals surface area contributed by atoms with Crippen molar-refractivity contribution in [3.63, 3.8) is 0 Å². The lowest BCUT2D eigenvalue weighted by atomic mass is 10.3. The van der Waals surface area contributed by atoms with E-state index in [-0.39, 0.29) is 5.69 Å². The number of non-ortho nitro benzene ring substituents is 1. The van der Waals surface area contributed by atoms with Gasteiger partial charge in [-0.05, 0) is 12.1 Å². The van der Waals surface area contributed by atoms with Crippen LogP contribution in [0.15, 0.2) is 29.4 Å². The first-order valence-electron chi connectivity index (χ1n) is 4.08. The summed E-state index contributed by atoms with van der Waals surface area (Å²) in [6.45, 7) is 0.678. The second kappa shape index (κ2) is 3.43. The van der Waals surface area contributed by atoms with Gasteiger partial charge in [0.15, 0.2) is 0 Å². The van der Waals surface area contributed by atoms with E-state index in [1.54, 1.807) is 23.5 Å². The Morgan fingerprint density at radius 1 is 1.43 bits per heavy atom. The molecule has 1 aromatic rings. The SMILES string of the molecule is O=[N+]([O-])c1ccc(N2N=CCN2)cc1. The van der Waals surface area contributed by atoms with Gasteiger partial charge in [0.1, 0.15) is 0 Å². The highest BCUT2D eigenvalue weighted by Gasteiger charge is 2.10. The monoisotopic (exact) mass is 192 g/mol. The van der Waals surface area contributed by atoms with Crippen LogP contribution in [0.4, 0.5) is 11.4 Å². The summed E-state index contributed by atoms with van der Waals surface area (Å²) >= 11 is 0. The lowest BCUT2D eigenvalue weighted by molar-refractivity contribution is -0.384. The van der Waals surface area contributed by atoms with Gasteiger partial charge >= 0.3 is 0 Å². The molecule has 1 aromatic carbocycles. The third-order valence-electron chi connectivity index (χ3n) is 1.83. The molecule has 0 radical (unpaired) electrons. The molecule has 0 aliphatic carbocycles. The Hall–Kier alpha value is -1.95. The molecule has 0 fully saturated rings. The van der Waals surface area contributed by atoms with E-state index in [0.717, 1.165) is 5.69 Å². The molecule has 0 saturated heterocycles. The summed E-state index contributed by atoms with van der Waals surface area (Å²) in [6.07, 6.45) is 1.72. The van der Waals surface area contributed by atoms with Crippen molar-refractivity contribution >= 4 is 17.6 Å². The van der Waals surface area contributed by atoms with E-state index in [9.17, 15) is 10.1 Å². The Morgan fingerprint density at radius 3 is 2.64 bits per heavy atom. The molecule has 0 atom stereocenters. The Labute approximate surface area is 80.0 Å². The van der Waals surface area contributed by atoms with E-state index in [1.165, 1.54) is 12.1 Å². The van der Waals surface area contributed by atoms with Gasteiger partial charge in [-0.3, -0.25) is 10.1 Å². The van der Waals surface area contributed by atoms with Crippen LogP contribution >= 0.6 is 0 Å². The normalized spacial score (nSPS) is 14.7. The zero-order valence-electron chi connectivity index (χ0n) is 7.25. The molecule has 1 aliphatic rings. The van der Waals surface area contributed by atoms with Crippen LogP contribution in [0.3, 0.4) is 0 Å².